The fraction of sp³-hybridized carbons (Fsp3) is 0.429. The summed E-state index contributed by atoms with van der Waals surface area (Å²) in [5.41, 5.74) is 0. The van der Waals surface area contributed by atoms with Crippen LogP contribution < -0.4 is 0 Å². The molecule has 1 atom stereocenters. The maximum atomic E-state index is 8.71. The van der Waals surface area contributed by atoms with Crippen LogP contribution in [0.5, 0.6) is 0 Å². The monoisotopic (exact) mass is 138 g/mol. The SMILES string of the molecule is C[C@H](CO)c1ncccn1. The van der Waals surface area contributed by atoms with Gasteiger partial charge in [0.05, 0.1) is 6.61 Å². The zero-order valence-electron chi connectivity index (χ0n) is 5.86. The van der Waals surface area contributed by atoms with E-state index in [1.54, 1.807) is 18.5 Å². The van der Waals surface area contributed by atoms with Gasteiger partial charge in [0.15, 0.2) is 0 Å². The van der Waals surface area contributed by atoms with Crippen molar-refractivity contribution in [1.29, 1.82) is 0 Å². The van der Waals surface area contributed by atoms with Crippen molar-refractivity contribution in [3.8, 4) is 0 Å². The molecule has 1 heterocycles. The van der Waals surface area contributed by atoms with Gasteiger partial charge in [-0.25, -0.2) is 9.97 Å². The van der Waals surface area contributed by atoms with E-state index < -0.39 is 0 Å². The molecule has 0 aliphatic rings. The lowest BCUT2D eigenvalue weighted by Gasteiger charge is -2.03. The quantitative estimate of drug-likeness (QED) is 0.650. The first-order valence-corrected chi connectivity index (χ1v) is 3.22. The average Bonchev–Trinajstić information content (AvgIpc) is 2.05. The van der Waals surface area contributed by atoms with Gasteiger partial charge in [-0.2, -0.15) is 0 Å². The largest absolute Gasteiger partial charge is 0.396 e. The molecule has 3 nitrogen and oxygen atoms in total. The zero-order valence-corrected chi connectivity index (χ0v) is 5.86. The van der Waals surface area contributed by atoms with Gasteiger partial charge in [-0.1, -0.05) is 6.92 Å². The number of aliphatic hydroxyl groups excluding tert-OH is 1. The first-order valence-electron chi connectivity index (χ1n) is 3.22. The molecule has 0 spiro atoms. The standard InChI is InChI=1S/C7H10N2O/c1-6(5-10)7-8-3-2-4-9-7/h2-4,6,10H,5H2,1H3/t6-/m1/s1. The molecule has 0 amide bonds. The molecule has 0 aromatic carbocycles. The minimum absolute atomic E-state index is 0.0428. The highest BCUT2D eigenvalue weighted by molar-refractivity contribution is 4.94. The predicted molar refractivity (Wildman–Crippen MR) is 37.5 cm³/mol. The third kappa shape index (κ3) is 1.51. The van der Waals surface area contributed by atoms with Crippen LogP contribution in [-0.2, 0) is 0 Å². The number of aromatic nitrogens is 2. The maximum absolute atomic E-state index is 8.71. The number of aliphatic hydroxyl groups is 1. The van der Waals surface area contributed by atoms with Crippen molar-refractivity contribution in [2.75, 3.05) is 6.61 Å². The van der Waals surface area contributed by atoms with Gasteiger partial charge in [0, 0.05) is 18.3 Å². The first kappa shape index (κ1) is 7.15. The summed E-state index contributed by atoms with van der Waals surface area (Å²) < 4.78 is 0. The molecule has 54 valence electrons. The Labute approximate surface area is 59.8 Å². The molecule has 0 saturated heterocycles. The van der Waals surface area contributed by atoms with Crippen molar-refractivity contribution in [2.24, 2.45) is 0 Å². The molecule has 0 saturated carbocycles. The van der Waals surface area contributed by atoms with E-state index in [1.807, 2.05) is 6.92 Å². The van der Waals surface area contributed by atoms with E-state index in [0.29, 0.717) is 5.82 Å². The molecule has 1 N–H and O–H groups in total. The number of hydrogen-bond acceptors (Lipinski definition) is 3. The van der Waals surface area contributed by atoms with E-state index in [9.17, 15) is 0 Å². The van der Waals surface area contributed by atoms with Gasteiger partial charge in [-0.3, -0.25) is 0 Å². The van der Waals surface area contributed by atoms with Crippen LogP contribution in [0.2, 0.25) is 0 Å². The van der Waals surface area contributed by atoms with Crippen LogP contribution in [0.25, 0.3) is 0 Å². The predicted octanol–water partition coefficient (Wildman–Crippen LogP) is 0.572. The second-order valence-corrected chi connectivity index (χ2v) is 2.19. The van der Waals surface area contributed by atoms with E-state index in [1.165, 1.54) is 0 Å². The third-order valence-electron chi connectivity index (χ3n) is 1.30. The summed E-state index contributed by atoms with van der Waals surface area (Å²) in [4.78, 5) is 7.96. The molecule has 1 rings (SSSR count). The molecule has 0 radical (unpaired) electrons. The molecule has 10 heavy (non-hydrogen) atoms. The molecular formula is C7H10N2O. The third-order valence-corrected chi connectivity index (χ3v) is 1.30. The highest BCUT2D eigenvalue weighted by atomic mass is 16.3. The van der Waals surface area contributed by atoms with Gasteiger partial charge in [0.2, 0.25) is 0 Å². The summed E-state index contributed by atoms with van der Waals surface area (Å²) in [5, 5.41) is 8.71. The first-order chi connectivity index (χ1) is 4.84. The average molecular weight is 138 g/mol. The number of hydrogen-bond donors (Lipinski definition) is 1. The van der Waals surface area contributed by atoms with Crippen LogP contribution in [-0.4, -0.2) is 21.7 Å². The Morgan fingerprint density at radius 3 is 2.60 bits per heavy atom. The highest BCUT2D eigenvalue weighted by Gasteiger charge is 2.03. The van der Waals surface area contributed by atoms with Crippen LogP contribution in [0, 0.1) is 0 Å². The minimum Gasteiger partial charge on any atom is -0.396 e. The van der Waals surface area contributed by atoms with Crippen molar-refractivity contribution in [2.45, 2.75) is 12.8 Å². The highest BCUT2D eigenvalue weighted by Crippen LogP contribution is 2.05. The minimum atomic E-state index is 0.0428. The van der Waals surface area contributed by atoms with Crippen molar-refractivity contribution in [3.63, 3.8) is 0 Å². The van der Waals surface area contributed by atoms with E-state index in [4.69, 9.17) is 5.11 Å². The summed E-state index contributed by atoms with van der Waals surface area (Å²) >= 11 is 0. The van der Waals surface area contributed by atoms with Crippen LogP contribution in [0.1, 0.15) is 18.7 Å². The summed E-state index contributed by atoms with van der Waals surface area (Å²) in [5.74, 6) is 0.742. The maximum Gasteiger partial charge on any atom is 0.133 e. The molecule has 0 unspecified atom stereocenters. The molecular weight excluding hydrogens is 128 g/mol. The van der Waals surface area contributed by atoms with Gasteiger partial charge in [0.25, 0.3) is 0 Å². The fourth-order valence-corrected chi connectivity index (χ4v) is 0.647. The molecule has 0 aliphatic carbocycles. The Morgan fingerprint density at radius 1 is 1.50 bits per heavy atom. The van der Waals surface area contributed by atoms with E-state index in [0.717, 1.165) is 0 Å². The molecule has 0 aliphatic heterocycles. The van der Waals surface area contributed by atoms with Crippen molar-refractivity contribution in [1.82, 2.24) is 9.97 Å². The van der Waals surface area contributed by atoms with Gasteiger partial charge >= 0.3 is 0 Å². The van der Waals surface area contributed by atoms with Crippen LogP contribution >= 0.6 is 0 Å². The Kier molecular flexibility index (Phi) is 2.34. The Morgan fingerprint density at radius 2 is 2.10 bits per heavy atom. The van der Waals surface area contributed by atoms with Gasteiger partial charge in [0.1, 0.15) is 5.82 Å². The van der Waals surface area contributed by atoms with E-state index in [-0.39, 0.29) is 12.5 Å². The Balaban J connectivity index is 2.75. The van der Waals surface area contributed by atoms with E-state index in [2.05, 4.69) is 9.97 Å². The number of rotatable bonds is 2. The number of nitrogens with zero attached hydrogens (tertiary/aromatic N) is 2. The second kappa shape index (κ2) is 3.27. The van der Waals surface area contributed by atoms with Crippen molar-refractivity contribution in [3.05, 3.63) is 24.3 Å². The Bertz CT molecular complexity index is 188. The van der Waals surface area contributed by atoms with Crippen LogP contribution in [0.4, 0.5) is 0 Å². The summed E-state index contributed by atoms with van der Waals surface area (Å²) in [6.07, 6.45) is 3.35. The zero-order chi connectivity index (χ0) is 7.40. The Hall–Kier alpha value is -0.960. The molecule has 0 bridgehead atoms. The molecule has 1 aromatic rings. The second-order valence-electron chi connectivity index (χ2n) is 2.19. The molecule has 3 heteroatoms. The normalized spacial score (nSPS) is 13.0. The van der Waals surface area contributed by atoms with Gasteiger partial charge in [-0.15, -0.1) is 0 Å². The van der Waals surface area contributed by atoms with Gasteiger partial charge < -0.3 is 5.11 Å². The lowest BCUT2D eigenvalue weighted by atomic mass is 10.2. The van der Waals surface area contributed by atoms with E-state index >= 15 is 0 Å². The topological polar surface area (TPSA) is 46.0 Å². The fourth-order valence-electron chi connectivity index (χ4n) is 0.647. The lowest BCUT2D eigenvalue weighted by Crippen LogP contribution is -2.03. The lowest BCUT2D eigenvalue weighted by molar-refractivity contribution is 0.268. The van der Waals surface area contributed by atoms with Crippen molar-refractivity contribution >= 4 is 0 Å². The van der Waals surface area contributed by atoms with Gasteiger partial charge in [-0.05, 0) is 6.07 Å². The van der Waals surface area contributed by atoms with Crippen molar-refractivity contribution < 1.29 is 5.11 Å². The molecule has 0 fully saturated rings. The summed E-state index contributed by atoms with van der Waals surface area (Å²) in [6.45, 7) is 1.99. The smallest absolute Gasteiger partial charge is 0.133 e. The summed E-state index contributed by atoms with van der Waals surface area (Å²) in [7, 11) is 0. The summed E-state index contributed by atoms with van der Waals surface area (Å²) in [6, 6.07) is 1.76. The molecule has 1 aromatic heterocycles. The van der Waals surface area contributed by atoms with Crippen LogP contribution in [0.15, 0.2) is 18.5 Å². The van der Waals surface area contributed by atoms with Crippen LogP contribution in [0.3, 0.4) is 0 Å².